The summed E-state index contributed by atoms with van der Waals surface area (Å²) in [7, 11) is 0. The van der Waals surface area contributed by atoms with E-state index >= 15 is 0 Å². The third-order valence-electron chi connectivity index (χ3n) is 22.3. The lowest BCUT2D eigenvalue weighted by Crippen LogP contribution is -2.64. The fourth-order valence-corrected chi connectivity index (χ4v) is 17.3. The molecule has 0 saturated carbocycles. The summed E-state index contributed by atoms with van der Waals surface area (Å²) in [6, 6.07) is 14.9. The van der Waals surface area contributed by atoms with Gasteiger partial charge in [-0.3, -0.25) is 0 Å². The van der Waals surface area contributed by atoms with E-state index in [0.29, 0.717) is 64.8 Å². The molecular formula is C68H90O16. The molecule has 0 aliphatic carbocycles. The van der Waals surface area contributed by atoms with Crippen LogP contribution in [0, 0.1) is 23.7 Å². The zero-order valence-corrected chi connectivity index (χ0v) is 49.5. The number of ether oxygens (including phenoxy) is 14. The third kappa shape index (κ3) is 10.6. The van der Waals surface area contributed by atoms with Gasteiger partial charge in [0.05, 0.1) is 124 Å². The minimum atomic E-state index is -1.01. The maximum absolute atomic E-state index is 12.5. The van der Waals surface area contributed by atoms with Gasteiger partial charge in [-0.1, -0.05) is 113 Å². The van der Waals surface area contributed by atoms with Crippen LogP contribution in [0.3, 0.4) is 0 Å². The van der Waals surface area contributed by atoms with Crippen molar-refractivity contribution in [3.63, 3.8) is 0 Å². The SMILES string of the molecule is C[C@@H]1C[C@@H]2O[C@@H]3[C@@H](C)[C@H](O)[C@@H]4O[C@]5(CCCO5)[C@@H](C)[C@H](C)[C@H]4O[C@H]3C[C@H]2O[C@H]2C[C@H]3O[C@H]4C/C=C\C[C@H]5O[C@H]6C=C[C@H]7O[C@H]8[C@H](OCc9ccc%10ccccc%10c9)[C@H]9OCC=CC[C@@H]9O[C@@H]8C[C@@H]7O[C@@H]6C/C=C\[C@@H]5O[C@@H]4C[C@@H](O)[C@]3(C)O[C@@H]2C1. The highest BCUT2D eigenvalue weighted by Crippen LogP contribution is 2.52. The van der Waals surface area contributed by atoms with Crippen LogP contribution in [0.5, 0.6) is 0 Å². The van der Waals surface area contributed by atoms with Crippen molar-refractivity contribution in [2.24, 2.45) is 23.7 Å². The molecular weight excluding hydrogens is 1070 g/mol. The number of aliphatic hydroxyl groups excluding tert-OH is 2. The average molecular weight is 1160 g/mol. The van der Waals surface area contributed by atoms with Crippen molar-refractivity contribution in [3.8, 4) is 0 Å². The lowest BCUT2D eigenvalue weighted by atomic mass is 9.76. The molecule has 458 valence electrons. The Morgan fingerprint density at radius 2 is 1.19 bits per heavy atom. The molecule has 9 saturated heterocycles. The first-order valence-corrected chi connectivity index (χ1v) is 32.5. The fraction of sp³-hybridized carbons (Fsp3) is 0.735. The lowest BCUT2D eigenvalue weighted by Gasteiger charge is -2.53. The molecule has 84 heavy (non-hydrogen) atoms. The number of hydrogen-bond acceptors (Lipinski definition) is 16. The molecule has 0 radical (unpaired) electrons. The van der Waals surface area contributed by atoms with Gasteiger partial charge in [-0.05, 0) is 86.1 Å². The largest absolute Gasteiger partial charge is 0.390 e. The van der Waals surface area contributed by atoms with Gasteiger partial charge in [0.2, 0.25) is 0 Å². The summed E-state index contributed by atoms with van der Waals surface area (Å²) in [5, 5.41) is 27.0. The van der Waals surface area contributed by atoms with E-state index in [4.69, 9.17) is 66.3 Å². The Balaban J connectivity index is 0.623. The predicted molar refractivity (Wildman–Crippen MR) is 308 cm³/mol. The van der Waals surface area contributed by atoms with Gasteiger partial charge in [0.1, 0.15) is 48.3 Å². The first kappa shape index (κ1) is 57.5. The Kier molecular flexibility index (Phi) is 16.0. The molecule has 2 aromatic rings. The first-order valence-electron chi connectivity index (χ1n) is 32.5. The van der Waals surface area contributed by atoms with Crippen LogP contribution in [0.25, 0.3) is 10.8 Å². The molecule has 2 N–H and O–H groups in total. The Bertz CT molecular complexity index is 2760. The zero-order valence-electron chi connectivity index (χ0n) is 49.5. The molecule has 16 nitrogen and oxygen atoms in total. The van der Waals surface area contributed by atoms with E-state index in [1.807, 2.05) is 6.92 Å². The topological polar surface area (TPSA) is 170 Å². The summed E-state index contributed by atoms with van der Waals surface area (Å²) in [5.41, 5.74) is 0.0969. The second-order valence-electron chi connectivity index (χ2n) is 27.6. The minimum absolute atomic E-state index is 0.100. The number of rotatable bonds is 3. The third-order valence-corrected chi connectivity index (χ3v) is 22.3. The van der Waals surface area contributed by atoms with Gasteiger partial charge in [0.25, 0.3) is 0 Å². The van der Waals surface area contributed by atoms with E-state index in [2.05, 4.69) is 119 Å². The molecule has 16 heteroatoms. The van der Waals surface area contributed by atoms with Crippen LogP contribution < -0.4 is 0 Å². The maximum atomic E-state index is 12.5. The van der Waals surface area contributed by atoms with Crippen LogP contribution in [0.1, 0.15) is 117 Å². The van der Waals surface area contributed by atoms with Crippen LogP contribution in [-0.4, -0.2) is 181 Å². The van der Waals surface area contributed by atoms with E-state index in [1.54, 1.807) is 0 Å². The molecule has 0 amide bonds. The highest BCUT2D eigenvalue weighted by molar-refractivity contribution is 5.82. The second kappa shape index (κ2) is 23.4. The monoisotopic (exact) mass is 1160 g/mol. The summed E-state index contributed by atoms with van der Waals surface area (Å²) in [6.07, 6.45) is 16.5. The molecule has 1 spiro atoms. The second-order valence-corrected chi connectivity index (χ2v) is 27.6. The summed E-state index contributed by atoms with van der Waals surface area (Å²) in [6.45, 7) is 12.4. The van der Waals surface area contributed by atoms with E-state index in [9.17, 15) is 10.2 Å². The Morgan fingerprint density at radius 1 is 0.524 bits per heavy atom. The summed E-state index contributed by atoms with van der Waals surface area (Å²) in [5.74, 6) is -0.473. The highest BCUT2D eigenvalue weighted by atomic mass is 16.7. The highest BCUT2D eigenvalue weighted by Gasteiger charge is 2.62. The van der Waals surface area contributed by atoms with Crippen molar-refractivity contribution in [2.45, 2.75) is 276 Å². The van der Waals surface area contributed by atoms with Gasteiger partial charge in [0.15, 0.2) is 5.79 Å². The van der Waals surface area contributed by atoms with Gasteiger partial charge in [0, 0.05) is 43.9 Å². The van der Waals surface area contributed by atoms with Crippen molar-refractivity contribution in [2.75, 3.05) is 13.2 Å². The summed E-state index contributed by atoms with van der Waals surface area (Å²) < 4.78 is 97.9. The Morgan fingerprint density at radius 3 is 2.05 bits per heavy atom. The first-order chi connectivity index (χ1) is 40.8. The summed E-state index contributed by atoms with van der Waals surface area (Å²) in [4.78, 5) is 0. The molecule has 2 aromatic carbocycles. The zero-order chi connectivity index (χ0) is 57.0. The number of aliphatic hydroxyl groups is 2. The Hall–Kier alpha value is -2.98. The van der Waals surface area contributed by atoms with Crippen molar-refractivity contribution in [1.82, 2.24) is 0 Å². The number of hydrogen-bond donors (Lipinski definition) is 2. The van der Waals surface area contributed by atoms with Crippen LogP contribution >= 0.6 is 0 Å². The molecule has 0 bridgehead atoms. The molecule has 13 aliphatic heterocycles. The average Bonchev–Trinajstić information content (AvgIpc) is 3.13. The van der Waals surface area contributed by atoms with E-state index < -0.39 is 48.0 Å². The molecule has 0 aromatic heterocycles. The summed E-state index contributed by atoms with van der Waals surface area (Å²) >= 11 is 0. The van der Waals surface area contributed by atoms with Gasteiger partial charge in [-0.25, -0.2) is 0 Å². The van der Waals surface area contributed by atoms with Crippen LogP contribution in [0.15, 0.2) is 91.1 Å². The normalized spacial score (nSPS) is 52.4. The number of benzene rings is 2. The standard InChI is InChI=1S/C68H90O16/c1-36-28-50-52(32-56-61(81-50)38(3)60(70)65-62(82-56)37(2)39(4)68(84-65)25-13-27-73-68)78-54-34-59-67(5,83-55(54)29-36)58(69)33-53-46(79-59)17-9-8-16-43-44(76-53)19-12-20-45-47(74-43)23-24-48-51(75-45)31-57-64(80-48)66(63-49(77-57)18-10-11-26-71-63)72-35-40-21-22-41-14-6-7-15-42(41)30-40/h6-12,14-15,19,21-24,30,36-39,43-66,69-70H,13,16-18,20,25-29,31-35H2,1-5H3/b9-8-,19-12-/t36-,37+,38+,39+,43-,44+,45-,46+,47+,48-,49+,50+,51+,52-,53-,54+,55-,56+,57-,58-,59-,60+,61-,62-,63+,64-,65+,66-,67+,68-/m1/s1. The van der Waals surface area contributed by atoms with Gasteiger partial charge in [-0.2, -0.15) is 0 Å². The van der Waals surface area contributed by atoms with E-state index in [1.165, 1.54) is 10.8 Å². The van der Waals surface area contributed by atoms with Crippen LogP contribution in [0.2, 0.25) is 0 Å². The molecule has 13 heterocycles. The van der Waals surface area contributed by atoms with Gasteiger partial charge < -0.3 is 76.5 Å². The minimum Gasteiger partial charge on any atom is -0.390 e. The van der Waals surface area contributed by atoms with Crippen LogP contribution in [0.4, 0.5) is 0 Å². The lowest BCUT2D eigenvalue weighted by molar-refractivity contribution is -0.339. The molecule has 0 unspecified atom stereocenters. The maximum Gasteiger partial charge on any atom is 0.171 e. The Labute approximate surface area is 495 Å². The molecule has 15 rings (SSSR count). The molecule has 13 aliphatic rings. The fourth-order valence-electron chi connectivity index (χ4n) is 17.3. The number of fused-ring (bicyclic) bond motifs is 12. The molecule has 9 fully saturated rings. The van der Waals surface area contributed by atoms with E-state index in [0.717, 1.165) is 37.7 Å². The molecule has 30 atom stereocenters. The quantitative estimate of drug-likeness (QED) is 0.280. The van der Waals surface area contributed by atoms with Crippen molar-refractivity contribution >= 4 is 10.8 Å². The van der Waals surface area contributed by atoms with Gasteiger partial charge >= 0.3 is 0 Å². The van der Waals surface area contributed by atoms with Crippen molar-refractivity contribution in [3.05, 3.63) is 96.6 Å². The smallest absolute Gasteiger partial charge is 0.171 e. The van der Waals surface area contributed by atoms with E-state index in [-0.39, 0.29) is 134 Å². The van der Waals surface area contributed by atoms with Gasteiger partial charge in [-0.15, -0.1) is 0 Å². The predicted octanol–water partition coefficient (Wildman–Crippen LogP) is 8.49. The van der Waals surface area contributed by atoms with Crippen molar-refractivity contribution in [1.29, 1.82) is 0 Å². The van der Waals surface area contributed by atoms with Crippen molar-refractivity contribution < 1.29 is 76.5 Å². The van der Waals surface area contributed by atoms with Crippen LogP contribution in [-0.2, 0) is 72.9 Å².